The van der Waals surface area contributed by atoms with Gasteiger partial charge in [0.25, 0.3) is 0 Å². The van der Waals surface area contributed by atoms with Gasteiger partial charge in [-0.3, -0.25) is 4.79 Å². The van der Waals surface area contributed by atoms with Crippen LogP contribution in [0.2, 0.25) is 0 Å². The van der Waals surface area contributed by atoms with Gasteiger partial charge in [0.2, 0.25) is 10.0 Å². The number of nitrogens with zero attached hydrogens (tertiary/aromatic N) is 3. The standard InChI is InChI=1S/C36H50N4O7S/c1-36(2,3)47-35(43)37-30-14-20-40(21-15-30)48(44,45)32-7-5-6-28(23-32)27-12-16-38(17-13-27)24-26-10-18-39(19-11-26)31-8-9-33(34(42)46-4)29(22-31)25-41/h5-9,22-23,25-27,30H,10-21,24H2,1-4H3,(H,37,43). The molecule has 12 heteroatoms. The van der Waals surface area contributed by atoms with Crippen molar-refractivity contribution in [3.8, 4) is 0 Å². The predicted octanol–water partition coefficient (Wildman–Crippen LogP) is 5.06. The minimum absolute atomic E-state index is 0.112. The SMILES string of the molecule is COC(=O)c1ccc(N2CCC(CN3CCC(c4cccc(S(=O)(=O)N5CCC(NC(=O)OC(C)(C)C)CC5)c4)CC3)CC2)cc1C=O. The van der Waals surface area contributed by atoms with Crippen LogP contribution in [0.1, 0.15) is 91.5 Å². The Morgan fingerprint density at radius 3 is 2.23 bits per heavy atom. The van der Waals surface area contributed by atoms with Gasteiger partial charge in [-0.05, 0) is 120 Å². The number of esters is 1. The molecule has 1 N–H and O–H groups in total. The Morgan fingerprint density at radius 1 is 0.917 bits per heavy atom. The number of alkyl carbamates (subject to hydrolysis) is 1. The zero-order chi connectivity index (χ0) is 34.5. The summed E-state index contributed by atoms with van der Waals surface area (Å²) in [6, 6.07) is 12.7. The molecule has 0 unspecified atom stereocenters. The van der Waals surface area contributed by atoms with E-state index in [1.54, 1.807) is 18.2 Å². The molecule has 11 nitrogen and oxygen atoms in total. The Labute approximate surface area is 285 Å². The molecule has 3 aliphatic heterocycles. The van der Waals surface area contributed by atoms with Gasteiger partial charge in [-0.2, -0.15) is 4.31 Å². The average molecular weight is 683 g/mol. The summed E-state index contributed by atoms with van der Waals surface area (Å²) < 4.78 is 38.8. The maximum absolute atomic E-state index is 13.6. The van der Waals surface area contributed by atoms with Crippen LogP contribution in [0, 0.1) is 5.92 Å². The van der Waals surface area contributed by atoms with Crippen LogP contribution < -0.4 is 10.2 Å². The highest BCUT2D eigenvalue weighted by Crippen LogP contribution is 2.32. The second kappa shape index (κ2) is 15.4. The first-order valence-corrected chi connectivity index (χ1v) is 18.5. The number of aldehydes is 1. The molecule has 0 aliphatic carbocycles. The molecule has 3 fully saturated rings. The third-order valence-corrected chi connectivity index (χ3v) is 11.7. The van der Waals surface area contributed by atoms with E-state index < -0.39 is 27.7 Å². The topological polar surface area (TPSA) is 126 Å². The number of amides is 1. The van der Waals surface area contributed by atoms with Crippen LogP contribution in [0.3, 0.4) is 0 Å². The fourth-order valence-electron chi connectivity index (χ4n) is 7.12. The van der Waals surface area contributed by atoms with Crippen LogP contribution in [0.15, 0.2) is 47.4 Å². The molecule has 0 spiro atoms. The van der Waals surface area contributed by atoms with Gasteiger partial charge >= 0.3 is 12.1 Å². The first-order chi connectivity index (χ1) is 22.9. The van der Waals surface area contributed by atoms with Crippen molar-refractivity contribution >= 4 is 34.1 Å². The Balaban J connectivity index is 1.08. The summed E-state index contributed by atoms with van der Waals surface area (Å²) in [7, 11) is -2.32. The monoisotopic (exact) mass is 682 g/mol. The van der Waals surface area contributed by atoms with E-state index in [9.17, 15) is 22.8 Å². The van der Waals surface area contributed by atoms with Crippen molar-refractivity contribution in [2.24, 2.45) is 5.92 Å². The first kappa shape index (κ1) is 35.8. The fourth-order valence-corrected chi connectivity index (χ4v) is 8.65. The highest BCUT2D eigenvalue weighted by Gasteiger charge is 2.32. The molecule has 0 aromatic heterocycles. The minimum atomic E-state index is -3.63. The van der Waals surface area contributed by atoms with E-state index in [0.717, 1.165) is 69.7 Å². The molecule has 48 heavy (non-hydrogen) atoms. The number of likely N-dealkylation sites (tertiary alicyclic amines) is 1. The van der Waals surface area contributed by atoms with E-state index in [4.69, 9.17) is 9.47 Å². The number of carbonyl (C=O) groups excluding carboxylic acids is 3. The second-order valence-electron chi connectivity index (χ2n) is 14.3. The van der Waals surface area contributed by atoms with Crippen molar-refractivity contribution in [3.05, 3.63) is 59.2 Å². The Hall–Kier alpha value is -3.48. The molecule has 0 saturated carbocycles. The van der Waals surface area contributed by atoms with Crippen molar-refractivity contribution in [1.29, 1.82) is 0 Å². The summed E-state index contributed by atoms with van der Waals surface area (Å²) in [5, 5.41) is 2.88. The number of carbonyl (C=O) groups is 3. The molecule has 3 heterocycles. The van der Waals surface area contributed by atoms with Crippen LogP contribution in [-0.2, 0) is 19.5 Å². The lowest BCUT2D eigenvalue weighted by Crippen LogP contribution is -2.47. The largest absolute Gasteiger partial charge is 0.465 e. The van der Waals surface area contributed by atoms with Gasteiger partial charge < -0.3 is 24.6 Å². The number of ether oxygens (including phenoxy) is 2. The van der Waals surface area contributed by atoms with Crippen LogP contribution >= 0.6 is 0 Å². The van der Waals surface area contributed by atoms with Crippen LogP contribution in [0.4, 0.5) is 10.5 Å². The lowest BCUT2D eigenvalue weighted by atomic mass is 9.88. The number of hydrogen-bond acceptors (Lipinski definition) is 9. The quantitative estimate of drug-likeness (QED) is 0.286. The highest BCUT2D eigenvalue weighted by atomic mass is 32.2. The van der Waals surface area contributed by atoms with Gasteiger partial charge in [0.15, 0.2) is 6.29 Å². The number of sulfonamides is 1. The third kappa shape index (κ3) is 8.95. The first-order valence-electron chi connectivity index (χ1n) is 17.1. The lowest BCUT2D eigenvalue weighted by Gasteiger charge is -2.38. The van der Waals surface area contributed by atoms with Gasteiger partial charge in [-0.15, -0.1) is 0 Å². The number of benzene rings is 2. The molecule has 3 saturated heterocycles. The van der Waals surface area contributed by atoms with Crippen molar-refractivity contribution in [2.45, 2.75) is 81.8 Å². The van der Waals surface area contributed by atoms with Gasteiger partial charge in [0, 0.05) is 50.0 Å². The zero-order valence-electron chi connectivity index (χ0n) is 28.7. The summed E-state index contributed by atoms with van der Waals surface area (Å²) >= 11 is 0. The maximum atomic E-state index is 13.6. The highest BCUT2D eigenvalue weighted by molar-refractivity contribution is 7.89. The number of anilines is 1. The summed E-state index contributed by atoms with van der Waals surface area (Å²) in [5.41, 5.74) is 2.09. The van der Waals surface area contributed by atoms with E-state index in [1.165, 1.54) is 11.4 Å². The average Bonchev–Trinajstić information content (AvgIpc) is 3.07. The zero-order valence-corrected chi connectivity index (χ0v) is 29.5. The molecule has 1 amide bonds. The molecule has 3 aliphatic rings. The Kier molecular flexibility index (Phi) is 11.5. The van der Waals surface area contributed by atoms with Gasteiger partial charge in [-0.1, -0.05) is 12.1 Å². The molecule has 2 aromatic rings. The molecule has 0 radical (unpaired) electrons. The number of hydrogen-bond donors (Lipinski definition) is 1. The van der Waals surface area contributed by atoms with Crippen molar-refractivity contribution in [1.82, 2.24) is 14.5 Å². The minimum Gasteiger partial charge on any atom is -0.465 e. The van der Waals surface area contributed by atoms with Crippen molar-refractivity contribution in [3.63, 3.8) is 0 Å². The molecule has 5 rings (SSSR count). The van der Waals surface area contributed by atoms with Gasteiger partial charge in [0.05, 0.1) is 17.6 Å². The molecule has 0 atom stereocenters. The maximum Gasteiger partial charge on any atom is 0.407 e. The summed E-state index contributed by atoms with van der Waals surface area (Å²) in [6.45, 7) is 11.0. The normalized spacial score (nSPS) is 19.5. The molecule has 0 bridgehead atoms. The van der Waals surface area contributed by atoms with Crippen LogP contribution in [0.25, 0.3) is 0 Å². The van der Waals surface area contributed by atoms with Crippen LogP contribution in [0.5, 0.6) is 0 Å². The Morgan fingerprint density at radius 2 is 1.60 bits per heavy atom. The second-order valence-corrected chi connectivity index (χ2v) is 16.2. The number of nitrogens with one attached hydrogen (secondary N) is 1. The fraction of sp³-hybridized carbons (Fsp3) is 0.583. The van der Waals surface area contributed by atoms with E-state index in [0.29, 0.717) is 54.5 Å². The van der Waals surface area contributed by atoms with E-state index in [-0.39, 0.29) is 11.6 Å². The summed E-state index contributed by atoms with van der Waals surface area (Å²) in [6.07, 6.45) is 5.42. The summed E-state index contributed by atoms with van der Waals surface area (Å²) in [5.74, 6) is 0.406. The number of rotatable bonds is 9. The summed E-state index contributed by atoms with van der Waals surface area (Å²) in [4.78, 5) is 40.9. The van der Waals surface area contributed by atoms with Gasteiger partial charge in [0.1, 0.15) is 5.60 Å². The van der Waals surface area contributed by atoms with Crippen LogP contribution in [-0.4, -0.2) is 101 Å². The van der Waals surface area contributed by atoms with Crippen molar-refractivity contribution < 1.29 is 32.3 Å². The third-order valence-electron chi connectivity index (χ3n) is 9.79. The molecule has 2 aromatic carbocycles. The predicted molar refractivity (Wildman–Crippen MR) is 184 cm³/mol. The molecular formula is C36H50N4O7S. The Bertz CT molecular complexity index is 1550. The molecule has 262 valence electrons. The van der Waals surface area contributed by atoms with Gasteiger partial charge in [-0.25, -0.2) is 18.0 Å². The number of methoxy groups -OCH3 is 1. The van der Waals surface area contributed by atoms with E-state index in [1.807, 2.05) is 39.0 Å². The van der Waals surface area contributed by atoms with E-state index >= 15 is 0 Å². The number of piperidine rings is 3. The molecular weight excluding hydrogens is 632 g/mol. The van der Waals surface area contributed by atoms with Crippen molar-refractivity contribution in [2.75, 3.05) is 57.8 Å². The van der Waals surface area contributed by atoms with E-state index in [2.05, 4.69) is 21.2 Å². The lowest BCUT2D eigenvalue weighted by molar-refractivity contribution is 0.0488. The smallest absolute Gasteiger partial charge is 0.407 e.